The van der Waals surface area contributed by atoms with E-state index >= 15 is 0 Å². The summed E-state index contributed by atoms with van der Waals surface area (Å²) in [6.07, 6.45) is 0.219. The first kappa shape index (κ1) is 17.6. The zero-order chi connectivity index (χ0) is 17.7. The standard InChI is InChI=1S/C17H15ClN2O4/c1-11(12-5-3-2-4-6-12)17(22)19-13-7-8-14(15(18)9-13)16(10-21)20(23)24/h2-11,16H,1H3,(H,19,22). The van der Waals surface area contributed by atoms with Crippen LogP contribution in [0.1, 0.15) is 30.0 Å². The van der Waals surface area contributed by atoms with Crippen molar-refractivity contribution in [3.8, 4) is 0 Å². The molecule has 0 aliphatic carbocycles. The second-order valence-corrected chi connectivity index (χ2v) is 5.63. The number of nitrogens with zero attached hydrogens (tertiary/aromatic N) is 1. The molecule has 0 saturated carbocycles. The topological polar surface area (TPSA) is 89.3 Å². The lowest BCUT2D eigenvalue weighted by Crippen LogP contribution is -2.19. The Morgan fingerprint density at radius 1 is 1.25 bits per heavy atom. The highest BCUT2D eigenvalue weighted by Gasteiger charge is 2.25. The van der Waals surface area contributed by atoms with Crippen molar-refractivity contribution >= 4 is 29.5 Å². The van der Waals surface area contributed by atoms with Gasteiger partial charge in [0.25, 0.3) is 6.04 Å². The van der Waals surface area contributed by atoms with Gasteiger partial charge in [-0.3, -0.25) is 19.7 Å². The van der Waals surface area contributed by atoms with Gasteiger partial charge in [0.15, 0.2) is 6.29 Å². The fraction of sp³-hybridized carbons (Fsp3) is 0.176. The molecule has 2 aromatic carbocycles. The second kappa shape index (κ2) is 7.70. The number of carbonyl (C=O) groups is 2. The van der Waals surface area contributed by atoms with E-state index in [4.69, 9.17) is 11.6 Å². The van der Waals surface area contributed by atoms with Gasteiger partial charge in [-0.1, -0.05) is 41.9 Å². The largest absolute Gasteiger partial charge is 0.326 e. The van der Waals surface area contributed by atoms with Crippen LogP contribution in [0.2, 0.25) is 5.02 Å². The van der Waals surface area contributed by atoms with E-state index in [9.17, 15) is 19.7 Å². The first-order valence-corrected chi connectivity index (χ1v) is 7.56. The number of anilines is 1. The van der Waals surface area contributed by atoms with E-state index < -0.39 is 11.0 Å². The number of halogens is 1. The van der Waals surface area contributed by atoms with Crippen molar-refractivity contribution in [1.29, 1.82) is 0 Å². The van der Waals surface area contributed by atoms with Crippen LogP contribution in [0.4, 0.5) is 5.69 Å². The normalized spacial score (nSPS) is 12.9. The summed E-state index contributed by atoms with van der Waals surface area (Å²) in [5.41, 5.74) is 1.36. The fourth-order valence-corrected chi connectivity index (χ4v) is 2.52. The molecule has 2 rings (SSSR count). The van der Waals surface area contributed by atoms with Crippen LogP contribution in [0.25, 0.3) is 0 Å². The number of nitro groups is 1. The maximum atomic E-state index is 12.3. The smallest absolute Gasteiger partial charge is 0.293 e. The average Bonchev–Trinajstić information content (AvgIpc) is 2.57. The van der Waals surface area contributed by atoms with Gasteiger partial charge >= 0.3 is 0 Å². The molecule has 0 spiro atoms. The highest BCUT2D eigenvalue weighted by atomic mass is 35.5. The molecule has 2 unspecified atom stereocenters. The lowest BCUT2D eigenvalue weighted by atomic mass is 10.0. The molecule has 0 aliphatic heterocycles. The van der Waals surface area contributed by atoms with Gasteiger partial charge in [-0.05, 0) is 30.7 Å². The third-order valence-corrected chi connectivity index (χ3v) is 3.96. The number of hydrogen-bond acceptors (Lipinski definition) is 4. The summed E-state index contributed by atoms with van der Waals surface area (Å²) in [7, 11) is 0. The van der Waals surface area contributed by atoms with E-state index in [1.165, 1.54) is 18.2 Å². The van der Waals surface area contributed by atoms with Gasteiger partial charge in [-0.2, -0.15) is 0 Å². The van der Waals surface area contributed by atoms with Crippen LogP contribution in [-0.4, -0.2) is 17.1 Å². The number of benzene rings is 2. The molecule has 6 nitrogen and oxygen atoms in total. The Labute approximate surface area is 143 Å². The van der Waals surface area contributed by atoms with E-state index in [-0.39, 0.29) is 28.7 Å². The van der Waals surface area contributed by atoms with Gasteiger partial charge < -0.3 is 5.32 Å². The van der Waals surface area contributed by atoms with Crippen LogP contribution in [0.15, 0.2) is 48.5 Å². The Morgan fingerprint density at radius 3 is 2.46 bits per heavy atom. The number of hydrogen-bond donors (Lipinski definition) is 1. The van der Waals surface area contributed by atoms with Crippen LogP contribution in [0.3, 0.4) is 0 Å². The molecule has 1 N–H and O–H groups in total. The summed E-state index contributed by atoms with van der Waals surface area (Å²) in [5, 5.41) is 13.6. The fourth-order valence-electron chi connectivity index (χ4n) is 2.22. The molecule has 0 fully saturated rings. The van der Waals surface area contributed by atoms with Gasteiger partial charge in [0.1, 0.15) is 0 Å². The average molecular weight is 347 g/mol. The first-order chi connectivity index (χ1) is 11.4. The second-order valence-electron chi connectivity index (χ2n) is 5.22. The van der Waals surface area contributed by atoms with Gasteiger partial charge in [0.05, 0.1) is 16.5 Å². The van der Waals surface area contributed by atoms with Crippen LogP contribution < -0.4 is 5.32 Å². The third-order valence-electron chi connectivity index (χ3n) is 3.64. The number of aldehydes is 1. The van der Waals surface area contributed by atoms with Gasteiger partial charge in [-0.15, -0.1) is 0 Å². The highest BCUT2D eigenvalue weighted by molar-refractivity contribution is 6.32. The Morgan fingerprint density at radius 2 is 1.92 bits per heavy atom. The summed E-state index contributed by atoms with van der Waals surface area (Å²) in [5.74, 6) is -0.600. The minimum absolute atomic E-state index is 0.0500. The van der Waals surface area contributed by atoms with Crippen molar-refractivity contribution in [3.63, 3.8) is 0 Å². The molecule has 0 saturated heterocycles. The monoisotopic (exact) mass is 346 g/mol. The predicted octanol–water partition coefficient (Wildman–Crippen LogP) is 3.60. The van der Waals surface area contributed by atoms with E-state index in [0.717, 1.165) is 5.56 Å². The maximum Gasteiger partial charge on any atom is 0.293 e. The van der Waals surface area contributed by atoms with Crippen LogP contribution >= 0.6 is 11.6 Å². The Bertz CT molecular complexity index is 764. The molecular weight excluding hydrogens is 332 g/mol. The van der Waals surface area contributed by atoms with E-state index in [1.54, 1.807) is 6.92 Å². The minimum Gasteiger partial charge on any atom is -0.326 e. The van der Waals surface area contributed by atoms with E-state index in [1.807, 2.05) is 30.3 Å². The van der Waals surface area contributed by atoms with Gasteiger partial charge in [0.2, 0.25) is 5.91 Å². The van der Waals surface area contributed by atoms with Crippen molar-refractivity contribution in [2.24, 2.45) is 0 Å². The van der Waals surface area contributed by atoms with E-state index in [2.05, 4.69) is 5.32 Å². The molecule has 124 valence electrons. The van der Waals surface area contributed by atoms with Crippen LogP contribution in [0.5, 0.6) is 0 Å². The summed E-state index contributed by atoms with van der Waals surface area (Å²) >= 11 is 6.01. The third kappa shape index (κ3) is 3.97. The molecule has 2 aromatic rings. The Kier molecular flexibility index (Phi) is 5.65. The van der Waals surface area contributed by atoms with Crippen LogP contribution in [-0.2, 0) is 9.59 Å². The summed E-state index contributed by atoms with van der Waals surface area (Å²) in [4.78, 5) is 33.2. The molecule has 0 aliphatic rings. The van der Waals surface area contributed by atoms with E-state index in [0.29, 0.717) is 5.69 Å². The minimum atomic E-state index is -1.52. The summed E-state index contributed by atoms with van der Waals surface area (Å²) in [6.45, 7) is 1.77. The molecule has 0 heterocycles. The van der Waals surface area contributed by atoms with Gasteiger partial charge in [-0.25, -0.2) is 0 Å². The quantitative estimate of drug-likeness (QED) is 0.491. The molecule has 0 radical (unpaired) electrons. The molecule has 0 bridgehead atoms. The Hall–Kier alpha value is -2.73. The number of nitrogens with one attached hydrogen (secondary N) is 1. The number of carbonyl (C=O) groups excluding carboxylic acids is 2. The van der Waals surface area contributed by atoms with Crippen molar-refractivity contribution in [1.82, 2.24) is 0 Å². The number of rotatable bonds is 6. The predicted molar refractivity (Wildman–Crippen MR) is 90.7 cm³/mol. The van der Waals surface area contributed by atoms with Crippen molar-refractivity contribution in [2.75, 3.05) is 5.32 Å². The molecule has 7 heteroatoms. The molecular formula is C17H15ClN2O4. The van der Waals surface area contributed by atoms with Crippen molar-refractivity contribution in [3.05, 3.63) is 74.8 Å². The number of amides is 1. The lowest BCUT2D eigenvalue weighted by Gasteiger charge is -2.13. The lowest BCUT2D eigenvalue weighted by molar-refractivity contribution is -0.511. The molecule has 2 atom stereocenters. The van der Waals surface area contributed by atoms with Crippen molar-refractivity contribution < 1.29 is 14.5 Å². The Balaban J connectivity index is 2.16. The zero-order valence-corrected chi connectivity index (χ0v) is 13.6. The zero-order valence-electron chi connectivity index (χ0n) is 12.8. The summed E-state index contributed by atoms with van der Waals surface area (Å²) < 4.78 is 0. The summed E-state index contributed by atoms with van der Waals surface area (Å²) in [6, 6.07) is 12.0. The van der Waals surface area contributed by atoms with Crippen LogP contribution in [0, 0.1) is 10.1 Å². The van der Waals surface area contributed by atoms with Crippen molar-refractivity contribution in [2.45, 2.75) is 18.9 Å². The SMILES string of the molecule is CC(C(=O)Nc1ccc(C(C=O)[N+](=O)[O-])c(Cl)c1)c1ccccc1. The molecule has 1 amide bonds. The molecule has 0 aromatic heterocycles. The first-order valence-electron chi connectivity index (χ1n) is 7.18. The molecule has 24 heavy (non-hydrogen) atoms. The highest BCUT2D eigenvalue weighted by Crippen LogP contribution is 2.28. The maximum absolute atomic E-state index is 12.3. The van der Waals surface area contributed by atoms with Gasteiger partial charge in [0, 0.05) is 10.6 Å².